The third kappa shape index (κ3) is 4.54. The molecule has 3 aromatic rings. The average molecular weight is 489 g/mol. The quantitative estimate of drug-likeness (QED) is 0.559. The summed E-state index contributed by atoms with van der Waals surface area (Å²) in [6.07, 6.45) is -3.04. The summed E-state index contributed by atoms with van der Waals surface area (Å²) in [5.74, 6) is -0.0782. The van der Waals surface area contributed by atoms with Crippen LogP contribution in [0.2, 0.25) is 5.02 Å². The Labute approximate surface area is 185 Å². The predicted molar refractivity (Wildman–Crippen MR) is 113 cm³/mol. The zero-order valence-corrected chi connectivity index (χ0v) is 18.7. The highest BCUT2D eigenvalue weighted by Gasteiger charge is 2.36. The van der Waals surface area contributed by atoms with Crippen LogP contribution in [0, 0.1) is 0 Å². The molecular weight excluding hydrogens is 473 g/mol. The van der Waals surface area contributed by atoms with E-state index in [-0.39, 0.29) is 15.7 Å². The maximum absolute atomic E-state index is 13.5. The van der Waals surface area contributed by atoms with Crippen LogP contribution in [0.3, 0.4) is 0 Å². The number of hydrogen-bond donors (Lipinski definition) is 1. The van der Waals surface area contributed by atoms with Crippen LogP contribution in [0.5, 0.6) is 0 Å². The largest absolute Gasteiger partial charge is 0.420 e. The van der Waals surface area contributed by atoms with Gasteiger partial charge in [-0.15, -0.1) is 11.3 Å². The fourth-order valence-corrected chi connectivity index (χ4v) is 5.54. The number of anilines is 2. The van der Waals surface area contributed by atoms with E-state index in [1.807, 2.05) is 19.2 Å². The first-order chi connectivity index (χ1) is 14.4. The molecule has 0 unspecified atom stereocenters. The van der Waals surface area contributed by atoms with Gasteiger partial charge in [-0.3, -0.25) is 4.90 Å². The lowest BCUT2D eigenvalue weighted by Gasteiger charge is -2.14. The van der Waals surface area contributed by atoms with Gasteiger partial charge in [0.25, 0.3) is 0 Å². The second kappa shape index (κ2) is 7.73. The minimum Gasteiger partial charge on any atom is -0.323 e. The molecule has 12 heteroatoms. The van der Waals surface area contributed by atoms with E-state index in [4.69, 9.17) is 11.6 Å². The fraction of sp³-hybridized carbons (Fsp3) is 0.263. The van der Waals surface area contributed by atoms with Crippen LogP contribution in [0.25, 0.3) is 10.6 Å². The fourth-order valence-electron chi connectivity index (χ4n) is 3.28. The highest BCUT2D eigenvalue weighted by Crippen LogP contribution is 2.39. The van der Waals surface area contributed by atoms with Crippen molar-refractivity contribution in [3.63, 3.8) is 0 Å². The van der Waals surface area contributed by atoms with Crippen LogP contribution in [-0.2, 0) is 29.1 Å². The number of hydrogen-bond acceptors (Lipinski definition) is 7. The summed E-state index contributed by atoms with van der Waals surface area (Å²) in [4.78, 5) is 9.97. The van der Waals surface area contributed by atoms with Gasteiger partial charge in [-0.2, -0.15) is 13.2 Å². The van der Waals surface area contributed by atoms with Gasteiger partial charge in [0, 0.05) is 30.9 Å². The number of sulfone groups is 1. The summed E-state index contributed by atoms with van der Waals surface area (Å²) in [6.45, 7) is 1.49. The van der Waals surface area contributed by atoms with Crippen LogP contribution in [-0.4, -0.2) is 36.6 Å². The normalized spacial score (nSPS) is 14.6. The minimum absolute atomic E-state index is 0.0693. The number of rotatable bonds is 4. The lowest BCUT2D eigenvalue weighted by molar-refractivity contribution is -0.137. The molecule has 1 aliphatic rings. The topological polar surface area (TPSA) is 75.2 Å². The smallest absolute Gasteiger partial charge is 0.323 e. The highest BCUT2D eigenvalue weighted by molar-refractivity contribution is 7.90. The summed E-state index contributed by atoms with van der Waals surface area (Å²) in [5.41, 5.74) is 1.16. The molecule has 4 rings (SSSR count). The molecular formula is C19H16ClF3N4O2S2. The molecule has 0 aliphatic carbocycles. The number of alkyl halides is 3. The molecule has 6 nitrogen and oxygen atoms in total. The van der Waals surface area contributed by atoms with E-state index in [2.05, 4.69) is 20.2 Å². The number of nitrogens with zero attached hydrogens (tertiary/aromatic N) is 3. The van der Waals surface area contributed by atoms with Gasteiger partial charge in [0.05, 0.1) is 26.2 Å². The summed E-state index contributed by atoms with van der Waals surface area (Å²) < 4.78 is 64.1. The second-order valence-electron chi connectivity index (χ2n) is 7.27. The number of fused-ring (bicyclic) bond motifs is 1. The molecule has 0 saturated carbocycles. The van der Waals surface area contributed by atoms with Crippen molar-refractivity contribution in [1.82, 2.24) is 14.9 Å². The van der Waals surface area contributed by atoms with Gasteiger partial charge in [-0.05, 0) is 36.4 Å². The molecule has 1 N–H and O–H groups in total. The Morgan fingerprint density at radius 1 is 1.19 bits per heavy atom. The maximum atomic E-state index is 13.5. The Hall–Kier alpha value is -2.21. The van der Waals surface area contributed by atoms with Crippen molar-refractivity contribution >= 4 is 44.4 Å². The predicted octanol–water partition coefficient (Wildman–Crippen LogP) is 4.97. The number of nitrogens with one attached hydrogen (secondary N) is 1. The van der Waals surface area contributed by atoms with Crippen molar-refractivity contribution in [2.45, 2.75) is 24.2 Å². The van der Waals surface area contributed by atoms with Gasteiger partial charge >= 0.3 is 6.18 Å². The van der Waals surface area contributed by atoms with Gasteiger partial charge in [-0.25, -0.2) is 18.4 Å². The molecule has 0 fully saturated rings. The Balaban J connectivity index is 1.75. The van der Waals surface area contributed by atoms with E-state index < -0.39 is 27.3 Å². The molecule has 1 aliphatic heterocycles. The van der Waals surface area contributed by atoms with Crippen molar-refractivity contribution in [2.75, 3.05) is 18.6 Å². The first kappa shape index (κ1) is 22.0. The van der Waals surface area contributed by atoms with Gasteiger partial charge < -0.3 is 5.32 Å². The zero-order chi connectivity index (χ0) is 22.6. The molecule has 0 saturated heterocycles. The Kier molecular flexibility index (Phi) is 5.49. The van der Waals surface area contributed by atoms with Crippen molar-refractivity contribution in [3.8, 4) is 10.6 Å². The van der Waals surface area contributed by atoms with Crippen LogP contribution in [0.4, 0.5) is 24.8 Å². The minimum atomic E-state index is -4.71. The van der Waals surface area contributed by atoms with Crippen molar-refractivity contribution < 1.29 is 21.6 Å². The van der Waals surface area contributed by atoms with Crippen molar-refractivity contribution in [2.24, 2.45) is 0 Å². The monoisotopic (exact) mass is 488 g/mol. The standard InChI is InChI=1S/C19H16ClF3N4O2S2/c1-27-7-10-3-14(20)15(4-11(10)8-27)25-18-24-6-13(19(21,22)23)17(26-18)16-5-12(9-30-16)31(2,28)29/h3-6,9H,7-8H2,1-2H3,(H,24,25,26). The van der Waals surface area contributed by atoms with Gasteiger partial charge in [-0.1, -0.05) is 11.6 Å². The van der Waals surface area contributed by atoms with E-state index in [1.54, 1.807) is 0 Å². The van der Waals surface area contributed by atoms with E-state index in [0.29, 0.717) is 16.9 Å². The van der Waals surface area contributed by atoms with Crippen LogP contribution < -0.4 is 5.32 Å². The molecule has 0 spiro atoms. The molecule has 0 atom stereocenters. The van der Waals surface area contributed by atoms with Crippen LogP contribution in [0.1, 0.15) is 16.7 Å². The number of benzene rings is 1. The Morgan fingerprint density at radius 2 is 1.87 bits per heavy atom. The number of halogens is 4. The summed E-state index contributed by atoms with van der Waals surface area (Å²) in [5, 5.41) is 4.57. The Morgan fingerprint density at radius 3 is 2.48 bits per heavy atom. The van der Waals surface area contributed by atoms with Crippen LogP contribution in [0.15, 0.2) is 34.7 Å². The van der Waals surface area contributed by atoms with E-state index in [9.17, 15) is 21.6 Å². The SMILES string of the molecule is CN1Cc2cc(Cl)c(Nc3ncc(C(F)(F)F)c(-c4cc(S(C)(=O)=O)cs4)n3)cc2C1. The van der Waals surface area contributed by atoms with Gasteiger partial charge in [0.15, 0.2) is 9.84 Å². The summed E-state index contributed by atoms with van der Waals surface area (Å²) in [7, 11) is -1.59. The third-order valence-electron chi connectivity index (χ3n) is 4.75. The van der Waals surface area contributed by atoms with E-state index >= 15 is 0 Å². The first-order valence-electron chi connectivity index (χ1n) is 8.92. The molecule has 31 heavy (non-hydrogen) atoms. The molecule has 2 aromatic heterocycles. The van der Waals surface area contributed by atoms with E-state index in [0.717, 1.165) is 41.8 Å². The lowest BCUT2D eigenvalue weighted by atomic mass is 10.1. The van der Waals surface area contributed by atoms with E-state index in [1.165, 1.54) is 11.4 Å². The highest BCUT2D eigenvalue weighted by atomic mass is 35.5. The van der Waals surface area contributed by atoms with Gasteiger partial charge in [0.2, 0.25) is 5.95 Å². The molecule has 0 radical (unpaired) electrons. The second-order valence-corrected chi connectivity index (χ2v) is 10.6. The van der Waals surface area contributed by atoms with Gasteiger partial charge in [0.1, 0.15) is 5.56 Å². The molecule has 0 bridgehead atoms. The Bertz CT molecular complexity index is 1280. The molecule has 0 amide bonds. The molecule has 1 aromatic carbocycles. The third-order valence-corrected chi connectivity index (χ3v) is 7.24. The summed E-state index contributed by atoms with van der Waals surface area (Å²) in [6, 6.07) is 4.82. The summed E-state index contributed by atoms with van der Waals surface area (Å²) >= 11 is 7.20. The zero-order valence-electron chi connectivity index (χ0n) is 16.3. The maximum Gasteiger partial charge on any atom is 0.420 e. The number of thiophene rings is 1. The van der Waals surface area contributed by atoms with Crippen molar-refractivity contribution in [3.05, 3.63) is 51.5 Å². The number of aromatic nitrogens is 2. The molecule has 3 heterocycles. The van der Waals surface area contributed by atoms with Crippen LogP contribution >= 0.6 is 22.9 Å². The molecule has 164 valence electrons. The lowest BCUT2D eigenvalue weighted by Crippen LogP contribution is -2.11. The average Bonchev–Trinajstić information content (AvgIpc) is 3.27. The first-order valence-corrected chi connectivity index (χ1v) is 12.1. The van der Waals surface area contributed by atoms with Crippen molar-refractivity contribution in [1.29, 1.82) is 0 Å².